The van der Waals surface area contributed by atoms with Crippen molar-refractivity contribution in [2.24, 2.45) is 0 Å². The second-order valence-corrected chi connectivity index (χ2v) is 18.8. The minimum absolute atomic E-state index is 0.0777. The first-order valence-corrected chi connectivity index (χ1v) is 15.7. The van der Waals surface area contributed by atoms with Gasteiger partial charge in [0.2, 0.25) is 0 Å². The third kappa shape index (κ3) is 3.44. The van der Waals surface area contributed by atoms with Crippen molar-refractivity contribution in [3.8, 4) is 11.4 Å². The van der Waals surface area contributed by atoms with Crippen LogP contribution in [0.4, 0.5) is 5.69 Å². The Balaban J connectivity index is 1.87. The van der Waals surface area contributed by atoms with Crippen molar-refractivity contribution in [3.63, 3.8) is 0 Å². The molecule has 2 aliphatic rings. The van der Waals surface area contributed by atoms with Crippen LogP contribution in [0.15, 0.2) is 42.7 Å². The predicted octanol–water partition coefficient (Wildman–Crippen LogP) is 5.39. The zero-order valence-electron chi connectivity index (χ0n) is 22.2. The third-order valence-electron chi connectivity index (χ3n) is 7.55. The fourth-order valence-electron chi connectivity index (χ4n) is 5.75. The SMILES string of the molecule is C[N]1c2cccc3c2-c2[n](cc[n+]2C3)[Ga]1[c]1c(C(C)(C)C)cc(C(C)(C)C)cc1C(C)(C)C. The molecule has 0 saturated heterocycles. The molecule has 0 aliphatic carbocycles. The van der Waals surface area contributed by atoms with Crippen LogP contribution >= 0.6 is 0 Å². The maximum absolute atomic E-state index is 2.71. The molecule has 33 heavy (non-hydrogen) atoms. The van der Waals surface area contributed by atoms with E-state index < -0.39 is 16.7 Å². The molecule has 0 amide bonds. The van der Waals surface area contributed by atoms with Crippen LogP contribution in [0, 0.1) is 0 Å². The average Bonchev–Trinajstić information content (AvgIpc) is 3.25. The summed E-state index contributed by atoms with van der Waals surface area (Å²) in [6.45, 7) is 22.4. The molecule has 5 rings (SSSR count). The van der Waals surface area contributed by atoms with Crippen LogP contribution in [0.3, 0.4) is 0 Å². The summed E-state index contributed by atoms with van der Waals surface area (Å²) in [6, 6.07) is 12.0. The van der Waals surface area contributed by atoms with E-state index in [9.17, 15) is 0 Å². The van der Waals surface area contributed by atoms with Gasteiger partial charge in [0.05, 0.1) is 0 Å². The van der Waals surface area contributed by atoms with Crippen LogP contribution in [0.2, 0.25) is 0 Å². The van der Waals surface area contributed by atoms with E-state index in [2.05, 4.69) is 124 Å². The van der Waals surface area contributed by atoms with E-state index in [4.69, 9.17) is 0 Å². The monoisotopic (exact) mass is 498 g/mol. The Labute approximate surface area is 206 Å². The molecule has 3 nitrogen and oxygen atoms in total. The van der Waals surface area contributed by atoms with Crippen molar-refractivity contribution in [2.45, 2.75) is 85.1 Å². The number of benzene rings is 2. The molecule has 3 aromatic rings. The Morgan fingerprint density at radius 1 is 0.848 bits per heavy atom. The van der Waals surface area contributed by atoms with Gasteiger partial charge in [-0.1, -0.05) is 0 Å². The molecule has 0 fully saturated rings. The fourth-order valence-corrected chi connectivity index (χ4v) is 13.8. The number of imidazole rings is 1. The van der Waals surface area contributed by atoms with E-state index in [0.29, 0.717) is 0 Å². The van der Waals surface area contributed by atoms with Gasteiger partial charge in [-0.05, 0) is 0 Å². The number of aromatic nitrogens is 2. The van der Waals surface area contributed by atoms with Crippen molar-refractivity contribution < 1.29 is 4.57 Å². The summed E-state index contributed by atoms with van der Waals surface area (Å²) in [7, 11) is 2.36. The Hall–Kier alpha value is -1.91. The van der Waals surface area contributed by atoms with Crippen molar-refractivity contribution in [2.75, 3.05) is 10.7 Å². The first-order chi connectivity index (χ1) is 15.2. The summed E-state index contributed by atoms with van der Waals surface area (Å²) < 4.78 is 9.53. The molecule has 2 aliphatic heterocycles. The van der Waals surface area contributed by atoms with E-state index in [0.717, 1.165) is 6.54 Å². The Kier molecular flexibility index (Phi) is 4.88. The zero-order chi connectivity index (χ0) is 24.1. The topological polar surface area (TPSA) is 12.1 Å². The maximum atomic E-state index is 2.71. The summed E-state index contributed by atoms with van der Waals surface area (Å²) in [5.41, 5.74) is 9.15. The van der Waals surface area contributed by atoms with Crippen LogP contribution in [-0.2, 0) is 22.8 Å². The third-order valence-corrected chi connectivity index (χ3v) is 14.0. The molecule has 0 N–H and O–H groups in total. The molecule has 0 saturated carbocycles. The molecule has 0 atom stereocenters. The molecule has 0 bridgehead atoms. The first-order valence-electron chi connectivity index (χ1n) is 12.3. The summed E-state index contributed by atoms with van der Waals surface area (Å²) in [5, 5.41) is 0. The minimum atomic E-state index is -2.45. The van der Waals surface area contributed by atoms with Gasteiger partial charge < -0.3 is 0 Å². The second kappa shape index (κ2) is 7.05. The number of nitrogens with zero attached hydrogens (tertiary/aromatic N) is 3. The molecule has 1 aromatic heterocycles. The van der Waals surface area contributed by atoms with Crippen molar-refractivity contribution in [3.05, 3.63) is 65.0 Å². The predicted molar refractivity (Wildman–Crippen MR) is 141 cm³/mol. The summed E-state index contributed by atoms with van der Waals surface area (Å²) >= 11 is -2.45. The van der Waals surface area contributed by atoms with Crippen molar-refractivity contribution in [1.29, 1.82) is 0 Å². The molecule has 0 radical (unpaired) electrons. The number of rotatable bonds is 1. The molecule has 172 valence electrons. The molecule has 3 heterocycles. The van der Waals surface area contributed by atoms with Gasteiger partial charge >= 0.3 is 206 Å². The average molecular weight is 499 g/mol. The van der Waals surface area contributed by atoms with E-state index in [1.807, 2.05) is 0 Å². The molecular weight excluding hydrogens is 460 g/mol. The quantitative estimate of drug-likeness (QED) is 0.253. The molecule has 4 heteroatoms. The van der Waals surface area contributed by atoms with Crippen molar-refractivity contribution in [1.82, 2.24) is 3.27 Å². The zero-order valence-corrected chi connectivity index (χ0v) is 24.6. The second-order valence-electron chi connectivity index (χ2n) is 13.2. The molecule has 0 spiro atoms. The number of anilines is 1. The Morgan fingerprint density at radius 2 is 1.45 bits per heavy atom. The Bertz CT molecular complexity index is 1230. The molecule has 0 unspecified atom stereocenters. The van der Waals surface area contributed by atoms with Gasteiger partial charge in [-0.25, -0.2) is 0 Å². The number of hydrogen-bond acceptors (Lipinski definition) is 1. The van der Waals surface area contributed by atoms with Gasteiger partial charge in [0.15, 0.2) is 0 Å². The van der Waals surface area contributed by atoms with Crippen LogP contribution in [0.5, 0.6) is 0 Å². The normalized spacial score (nSPS) is 15.3. The standard InChI is InChI=1S/C18H29.C11H10N3.Ga/c1-16(2,3)13-10-14(17(4,5)6)12-15(11-13)18(7,8)9;1-12-9-4-2-3-8-7-14-6-5-13-11(14)10(8)9;/h10-11H,1-9H3;2-6H,7H2,1H3;/q;-1;+2. The summed E-state index contributed by atoms with van der Waals surface area (Å²) in [4.78, 5) is 0. The summed E-state index contributed by atoms with van der Waals surface area (Å²) in [5.74, 6) is 1.43. The van der Waals surface area contributed by atoms with Crippen LogP contribution in [-0.4, -0.2) is 27.0 Å². The molecular formula is C29H39GaN3+. The van der Waals surface area contributed by atoms with Crippen molar-refractivity contribution >= 4 is 26.5 Å². The van der Waals surface area contributed by atoms with Gasteiger partial charge in [-0.15, -0.1) is 0 Å². The van der Waals surface area contributed by atoms with Crippen LogP contribution in [0.25, 0.3) is 11.4 Å². The van der Waals surface area contributed by atoms with E-state index in [-0.39, 0.29) is 16.2 Å². The fraction of sp³-hybridized carbons (Fsp3) is 0.483. The van der Waals surface area contributed by atoms with Crippen LogP contribution < -0.4 is 12.3 Å². The van der Waals surface area contributed by atoms with Gasteiger partial charge in [-0.2, -0.15) is 0 Å². The van der Waals surface area contributed by atoms with E-state index in [1.165, 1.54) is 28.2 Å². The Morgan fingerprint density at radius 3 is 2.00 bits per heavy atom. The number of hydrogen-bond donors (Lipinski definition) is 0. The van der Waals surface area contributed by atoms with Gasteiger partial charge in [0.1, 0.15) is 0 Å². The molecule has 2 aromatic carbocycles. The van der Waals surface area contributed by atoms with Gasteiger partial charge in [0, 0.05) is 0 Å². The first kappa shape index (κ1) is 22.9. The van der Waals surface area contributed by atoms with E-state index in [1.54, 1.807) is 15.2 Å². The van der Waals surface area contributed by atoms with Gasteiger partial charge in [0.25, 0.3) is 0 Å². The summed E-state index contributed by atoms with van der Waals surface area (Å²) in [6.07, 6.45) is 4.69. The van der Waals surface area contributed by atoms with E-state index >= 15 is 0 Å². The van der Waals surface area contributed by atoms with Gasteiger partial charge in [-0.3, -0.25) is 0 Å². The van der Waals surface area contributed by atoms with Crippen LogP contribution in [0.1, 0.15) is 84.6 Å².